The van der Waals surface area contributed by atoms with E-state index in [2.05, 4.69) is 10.1 Å². The Morgan fingerprint density at radius 1 is 1.35 bits per heavy atom. The van der Waals surface area contributed by atoms with Crippen molar-refractivity contribution in [1.82, 2.24) is 14.8 Å². The molecule has 0 amide bonds. The topological polar surface area (TPSA) is 94.0 Å². The van der Waals surface area contributed by atoms with Crippen LogP contribution in [0.25, 0.3) is 16.4 Å². The Bertz CT molecular complexity index is 868. The number of nitrogens with two attached hydrogens (primary N) is 1. The molecule has 0 aliphatic rings. The van der Waals surface area contributed by atoms with Crippen molar-refractivity contribution in [2.75, 3.05) is 5.73 Å². The number of hydrogen-bond donors (Lipinski definition) is 2. The zero-order chi connectivity index (χ0) is 16.6. The molecule has 0 bridgehead atoms. The molecule has 0 atom stereocenters. The first-order valence-corrected chi connectivity index (χ1v) is 7.98. The number of anilines is 1. The Hall–Kier alpha value is -2.67. The van der Waals surface area contributed by atoms with E-state index in [4.69, 9.17) is 5.73 Å². The molecule has 0 aliphatic carbocycles. The molecule has 0 aliphatic heterocycles. The standard InChI is InChI=1S/C16H16N4O2S/c1-3-11-13(15(21)22)18-16(23-11)20-14(17)9(2)12(19-20)10-7-5-4-6-8-10/h4-8H,3,17H2,1-2H3,(H,21,22). The van der Waals surface area contributed by atoms with E-state index in [-0.39, 0.29) is 5.69 Å². The number of aryl methyl sites for hydroxylation is 1. The Morgan fingerprint density at radius 3 is 2.61 bits per heavy atom. The molecule has 2 heterocycles. The number of carboxylic acids is 1. The number of nitrogens with zero attached hydrogens (tertiary/aromatic N) is 3. The summed E-state index contributed by atoms with van der Waals surface area (Å²) in [5, 5.41) is 14.3. The van der Waals surface area contributed by atoms with Crippen molar-refractivity contribution in [3.05, 3.63) is 46.5 Å². The molecule has 2 aromatic heterocycles. The highest BCUT2D eigenvalue weighted by Gasteiger charge is 2.21. The number of aromatic nitrogens is 3. The largest absolute Gasteiger partial charge is 0.476 e. The quantitative estimate of drug-likeness (QED) is 0.767. The van der Waals surface area contributed by atoms with E-state index in [1.54, 1.807) is 0 Å². The molecule has 3 rings (SSSR count). The van der Waals surface area contributed by atoms with E-state index in [1.165, 1.54) is 16.0 Å². The lowest BCUT2D eigenvalue weighted by Gasteiger charge is -1.97. The minimum Gasteiger partial charge on any atom is -0.476 e. The summed E-state index contributed by atoms with van der Waals surface area (Å²) < 4.78 is 1.52. The molecule has 3 aromatic rings. The molecule has 0 unspecified atom stereocenters. The minimum absolute atomic E-state index is 0.0707. The number of thiazole rings is 1. The molecule has 6 nitrogen and oxygen atoms in total. The second-order valence-corrected chi connectivity index (χ2v) is 6.13. The lowest BCUT2D eigenvalue weighted by atomic mass is 10.1. The SMILES string of the molecule is CCc1sc(-n2nc(-c3ccccc3)c(C)c2N)nc1C(=O)O. The predicted molar refractivity (Wildman–Crippen MR) is 90.2 cm³/mol. The second-order valence-electron chi connectivity index (χ2n) is 5.06. The van der Waals surface area contributed by atoms with Crippen LogP contribution in [0.15, 0.2) is 30.3 Å². The first-order valence-electron chi connectivity index (χ1n) is 7.16. The molecule has 0 saturated carbocycles. The molecule has 118 valence electrons. The maximum atomic E-state index is 11.3. The average molecular weight is 328 g/mol. The highest BCUT2D eigenvalue weighted by molar-refractivity contribution is 7.14. The summed E-state index contributed by atoms with van der Waals surface area (Å²) in [4.78, 5) is 16.2. The molecule has 0 radical (unpaired) electrons. The zero-order valence-electron chi connectivity index (χ0n) is 12.8. The maximum Gasteiger partial charge on any atom is 0.355 e. The van der Waals surface area contributed by atoms with Crippen molar-refractivity contribution >= 4 is 23.1 Å². The predicted octanol–water partition coefficient (Wildman–Crippen LogP) is 3.15. The van der Waals surface area contributed by atoms with Gasteiger partial charge >= 0.3 is 5.97 Å². The summed E-state index contributed by atoms with van der Waals surface area (Å²) in [6, 6.07) is 9.73. The Kier molecular flexibility index (Phi) is 3.87. The van der Waals surface area contributed by atoms with Crippen LogP contribution in [0.4, 0.5) is 5.82 Å². The van der Waals surface area contributed by atoms with Crippen LogP contribution in [-0.4, -0.2) is 25.8 Å². The number of rotatable bonds is 4. The number of hydrogen-bond acceptors (Lipinski definition) is 5. The van der Waals surface area contributed by atoms with Gasteiger partial charge in [-0.25, -0.2) is 9.78 Å². The van der Waals surface area contributed by atoms with Crippen LogP contribution in [0.1, 0.15) is 27.9 Å². The van der Waals surface area contributed by atoms with Gasteiger partial charge in [-0.3, -0.25) is 0 Å². The van der Waals surface area contributed by atoms with E-state index < -0.39 is 5.97 Å². The first kappa shape index (κ1) is 15.2. The lowest BCUT2D eigenvalue weighted by Crippen LogP contribution is -2.04. The van der Waals surface area contributed by atoms with Crippen molar-refractivity contribution in [3.63, 3.8) is 0 Å². The van der Waals surface area contributed by atoms with Gasteiger partial charge in [-0.15, -0.1) is 0 Å². The summed E-state index contributed by atoms with van der Waals surface area (Å²) in [6.07, 6.45) is 0.602. The third kappa shape index (κ3) is 2.59. The molecule has 0 saturated heterocycles. The van der Waals surface area contributed by atoms with Gasteiger partial charge in [0.2, 0.25) is 5.13 Å². The average Bonchev–Trinajstić information content (AvgIpc) is 3.11. The van der Waals surface area contributed by atoms with Crippen molar-refractivity contribution in [2.24, 2.45) is 0 Å². The molecule has 3 N–H and O–H groups in total. The number of carbonyl (C=O) groups is 1. The van der Waals surface area contributed by atoms with Crippen molar-refractivity contribution in [1.29, 1.82) is 0 Å². The zero-order valence-corrected chi connectivity index (χ0v) is 13.6. The summed E-state index contributed by atoms with van der Waals surface area (Å²) in [7, 11) is 0. The smallest absolute Gasteiger partial charge is 0.355 e. The fraction of sp³-hybridized carbons (Fsp3) is 0.188. The van der Waals surface area contributed by atoms with Gasteiger partial charge in [0.05, 0.1) is 5.69 Å². The number of carboxylic acid groups (broad SMARTS) is 1. The fourth-order valence-electron chi connectivity index (χ4n) is 2.36. The summed E-state index contributed by atoms with van der Waals surface area (Å²) in [5.41, 5.74) is 8.82. The molecule has 7 heteroatoms. The Morgan fingerprint density at radius 2 is 2.04 bits per heavy atom. The van der Waals surface area contributed by atoms with E-state index in [0.29, 0.717) is 22.2 Å². The van der Waals surface area contributed by atoms with Gasteiger partial charge < -0.3 is 10.8 Å². The van der Waals surface area contributed by atoms with E-state index in [9.17, 15) is 9.90 Å². The highest BCUT2D eigenvalue weighted by atomic mass is 32.1. The van der Waals surface area contributed by atoms with Gasteiger partial charge in [0, 0.05) is 16.0 Å². The van der Waals surface area contributed by atoms with Crippen LogP contribution in [0.3, 0.4) is 0 Å². The number of nitrogen functional groups attached to an aromatic ring is 1. The second kappa shape index (κ2) is 5.85. The van der Waals surface area contributed by atoms with Gasteiger partial charge in [-0.05, 0) is 13.3 Å². The molecular formula is C16H16N4O2S. The van der Waals surface area contributed by atoms with Crippen LogP contribution in [-0.2, 0) is 6.42 Å². The molecule has 1 aromatic carbocycles. The first-order chi connectivity index (χ1) is 11.0. The van der Waals surface area contributed by atoms with Crippen LogP contribution in [0.5, 0.6) is 0 Å². The molecule has 0 fully saturated rings. The third-order valence-corrected chi connectivity index (χ3v) is 4.78. The monoisotopic (exact) mass is 328 g/mol. The lowest BCUT2D eigenvalue weighted by molar-refractivity contribution is 0.0690. The summed E-state index contributed by atoms with van der Waals surface area (Å²) >= 11 is 1.30. The van der Waals surface area contributed by atoms with Crippen LogP contribution in [0.2, 0.25) is 0 Å². The van der Waals surface area contributed by atoms with Crippen molar-refractivity contribution < 1.29 is 9.90 Å². The van der Waals surface area contributed by atoms with Gasteiger partial charge in [0.1, 0.15) is 5.82 Å². The summed E-state index contributed by atoms with van der Waals surface area (Å²) in [6.45, 7) is 3.80. The number of benzene rings is 1. The fourth-order valence-corrected chi connectivity index (χ4v) is 3.32. The Labute approximate surface area is 137 Å². The van der Waals surface area contributed by atoms with Gasteiger partial charge in [-0.2, -0.15) is 9.78 Å². The van der Waals surface area contributed by atoms with Crippen LogP contribution < -0.4 is 5.73 Å². The van der Waals surface area contributed by atoms with Gasteiger partial charge in [0.25, 0.3) is 0 Å². The molecule has 23 heavy (non-hydrogen) atoms. The molecular weight excluding hydrogens is 312 g/mol. The Balaban J connectivity index is 2.13. The van der Waals surface area contributed by atoms with Gasteiger partial charge in [-0.1, -0.05) is 48.6 Å². The van der Waals surface area contributed by atoms with Crippen molar-refractivity contribution in [2.45, 2.75) is 20.3 Å². The van der Waals surface area contributed by atoms with Crippen LogP contribution in [0, 0.1) is 6.92 Å². The van der Waals surface area contributed by atoms with Crippen LogP contribution >= 0.6 is 11.3 Å². The normalized spacial score (nSPS) is 10.9. The van der Waals surface area contributed by atoms with Crippen molar-refractivity contribution in [3.8, 4) is 16.4 Å². The summed E-state index contributed by atoms with van der Waals surface area (Å²) in [5.74, 6) is -0.563. The van der Waals surface area contributed by atoms with E-state index in [0.717, 1.165) is 16.8 Å². The van der Waals surface area contributed by atoms with Gasteiger partial charge in [0.15, 0.2) is 5.69 Å². The molecule has 0 spiro atoms. The van der Waals surface area contributed by atoms with E-state index >= 15 is 0 Å². The third-order valence-electron chi connectivity index (χ3n) is 3.61. The number of aromatic carboxylic acids is 1. The minimum atomic E-state index is -1.03. The maximum absolute atomic E-state index is 11.3. The highest BCUT2D eigenvalue weighted by Crippen LogP contribution is 2.30. The van der Waals surface area contributed by atoms with E-state index in [1.807, 2.05) is 44.2 Å².